The lowest BCUT2D eigenvalue weighted by molar-refractivity contribution is 0.408. The average Bonchev–Trinajstić information content (AvgIpc) is 2.24. The first-order valence-corrected chi connectivity index (χ1v) is 6.03. The van der Waals surface area contributed by atoms with Crippen molar-refractivity contribution < 1.29 is 4.74 Å². The zero-order valence-electron chi connectivity index (χ0n) is 10.7. The van der Waals surface area contributed by atoms with E-state index in [1.54, 1.807) is 7.11 Å². The minimum absolute atomic E-state index is 0.806. The van der Waals surface area contributed by atoms with Crippen molar-refractivity contribution in [2.45, 2.75) is 39.5 Å². The van der Waals surface area contributed by atoms with E-state index in [0.29, 0.717) is 0 Å². The highest BCUT2D eigenvalue weighted by atomic mass is 16.5. The third-order valence-corrected chi connectivity index (χ3v) is 2.89. The minimum Gasteiger partial charge on any atom is -0.496 e. The molecule has 0 saturated carbocycles. The van der Waals surface area contributed by atoms with Gasteiger partial charge in [-0.3, -0.25) is 0 Å². The maximum atomic E-state index is 5.48. The molecule has 2 heteroatoms. The van der Waals surface area contributed by atoms with Crippen LogP contribution in [0.2, 0.25) is 0 Å². The first-order valence-electron chi connectivity index (χ1n) is 6.03. The summed E-state index contributed by atoms with van der Waals surface area (Å²) in [6, 6.07) is 4.46. The highest BCUT2D eigenvalue weighted by Gasteiger charge is 2.04. The molecular weight excluding hydrogens is 198 g/mol. The van der Waals surface area contributed by atoms with Crippen LogP contribution in [0.5, 0.6) is 5.75 Å². The van der Waals surface area contributed by atoms with Gasteiger partial charge in [0.1, 0.15) is 5.75 Å². The molecular formula is C14H23NO. The van der Waals surface area contributed by atoms with E-state index in [1.165, 1.54) is 29.5 Å². The molecule has 2 nitrogen and oxygen atoms in total. The molecule has 1 rings (SSSR count). The van der Waals surface area contributed by atoms with Gasteiger partial charge in [0.25, 0.3) is 0 Å². The highest BCUT2D eigenvalue weighted by molar-refractivity contribution is 5.43. The Balaban J connectivity index is 2.61. The lowest BCUT2D eigenvalue weighted by atomic mass is 10.0. The molecule has 0 aliphatic carbocycles. The summed E-state index contributed by atoms with van der Waals surface area (Å²) >= 11 is 0. The van der Waals surface area contributed by atoms with Gasteiger partial charge in [0.05, 0.1) is 7.11 Å². The van der Waals surface area contributed by atoms with Gasteiger partial charge >= 0.3 is 0 Å². The van der Waals surface area contributed by atoms with Gasteiger partial charge in [-0.05, 0) is 56.3 Å². The Morgan fingerprint density at radius 2 is 1.69 bits per heavy atom. The van der Waals surface area contributed by atoms with Crippen molar-refractivity contribution in [1.29, 1.82) is 0 Å². The van der Waals surface area contributed by atoms with Crippen LogP contribution in [0.4, 0.5) is 0 Å². The lowest BCUT2D eigenvalue weighted by Gasteiger charge is -2.11. The molecule has 0 atom stereocenters. The van der Waals surface area contributed by atoms with Crippen LogP contribution in [0, 0.1) is 13.8 Å². The van der Waals surface area contributed by atoms with Crippen LogP contribution in [0.1, 0.15) is 36.0 Å². The van der Waals surface area contributed by atoms with E-state index >= 15 is 0 Å². The number of rotatable bonds is 6. The molecule has 0 amide bonds. The number of hydrogen-bond acceptors (Lipinski definition) is 2. The van der Waals surface area contributed by atoms with Gasteiger partial charge in [-0.1, -0.05) is 18.6 Å². The maximum absolute atomic E-state index is 5.48. The van der Waals surface area contributed by atoms with E-state index < -0.39 is 0 Å². The molecule has 0 saturated heterocycles. The molecule has 0 radical (unpaired) electrons. The molecule has 0 fully saturated rings. The fraction of sp³-hybridized carbons (Fsp3) is 0.571. The van der Waals surface area contributed by atoms with Crippen LogP contribution in [0.25, 0.3) is 0 Å². The van der Waals surface area contributed by atoms with E-state index in [4.69, 9.17) is 10.5 Å². The summed E-state index contributed by atoms with van der Waals surface area (Å²) in [5.41, 5.74) is 9.35. The number of nitrogens with two attached hydrogens (primary N) is 1. The van der Waals surface area contributed by atoms with E-state index in [2.05, 4.69) is 26.0 Å². The smallest absolute Gasteiger partial charge is 0.124 e. The van der Waals surface area contributed by atoms with Gasteiger partial charge < -0.3 is 10.5 Å². The molecule has 0 heterocycles. The Labute approximate surface area is 98.8 Å². The molecule has 16 heavy (non-hydrogen) atoms. The van der Waals surface area contributed by atoms with E-state index in [1.807, 2.05) is 0 Å². The average molecular weight is 221 g/mol. The van der Waals surface area contributed by atoms with Crippen molar-refractivity contribution in [3.05, 3.63) is 28.8 Å². The Morgan fingerprint density at radius 3 is 2.19 bits per heavy atom. The molecule has 0 spiro atoms. The Hall–Kier alpha value is -1.02. The van der Waals surface area contributed by atoms with Crippen molar-refractivity contribution in [3.8, 4) is 5.75 Å². The van der Waals surface area contributed by atoms with Gasteiger partial charge in [0.2, 0.25) is 0 Å². The van der Waals surface area contributed by atoms with Gasteiger partial charge in [-0.15, -0.1) is 0 Å². The standard InChI is InChI=1S/C14H23NO/c1-11-9-13(7-5-4-6-8-15)10-12(2)14(11)16-3/h9-10H,4-8,15H2,1-3H3. The second-order valence-electron chi connectivity index (χ2n) is 4.36. The van der Waals surface area contributed by atoms with Crippen molar-refractivity contribution in [2.75, 3.05) is 13.7 Å². The third-order valence-electron chi connectivity index (χ3n) is 2.89. The fourth-order valence-electron chi connectivity index (χ4n) is 2.16. The molecule has 1 aromatic rings. The fourth-order valence-corrected chi connectivity index (χ4v) is 2.16. The van der Waals surface area contributed by atoms with Gasteiger partial charge in [0, 0.05) is 0 Å². The number of aryl methyl sites for hydroxylation is 3. The molecule has 0 aliphatic rings. The molecule has 90 valence electrons. The SMILES string of the molecule is COc1c(C)cc(CCCCCN)cc1C. The van der Waals surface area contributed by atoms with E-state index in [0.717, 1.165) is 25.1 Å². The van der Waals surface area contributed by atoms with Crippen LogP contribution < -0.4 is 10.5 Å². The van der Waals surface area contributed by atoms with Gasteiger partial charge in [-0.2, -0.15) is 0 Å². The van der Waals surface area contributed by atoms with Gasteiger partial charge in [-0.25, -0.2) is 0 Å². The Bertz CT molecular complexity index is 311. The zero-order chi connectivity index (χ0) is 12.0. The number of unbranched alkanes of at least 4 members (excludes halogenated alkanes) is 2. The quantitative estimate of drug-likeness (QED) is 0.749. The number of methoxy groups -OCH3 is 1. The molecule has 0 unspecified atom stereocenters. The lowest BCUT2D eigenvalue weighted by Crippen LogP contribution is -1.99. The largest absolute Gasteiger partial charge is 0.496 e. The van der Waals surface area contributed by atoms with Crippen molar-refractivity contribution in [3.63, 3.8) is 0 Å². The summed E-state index contributed by atoms with van der Waals surface area (Å²) in [7, 11) is 1.73. The summed E-state index contributed by atoms with van der Waals surface area (Å²) in [5.74, 6) is 1.02. The molecule has 2 N–H and O–H groups in total. The normalized spacial score (nSPS) is 10.5. The van der Waals surface area contributed by atoms with Crippen LogP contribution in [-0.2, 0) is 6.42 Å². The highest BCUT2D eigenvalue weighted by Crippen LogP contribution is 2.25. The zero-order valence-corrected chi connectivity index (χ0v) is 10.7. The second-order valence-corrected chi connectivity index (χ2v) is 4.36. The molecule has 1 aromatic carbocycles. The third kappa shape index (κ3) is 3.53. The van der Waals surface area contributed by atoms with Crippen LogP contribution in [0.15, 0.2) is 12.1 Å². The number of hydrogen-bond donors (Lipinski definition) is 1. The molecule has 0 aromatic heterocycles. The second kappa shape index (κ2) is 6.54. The van der Waals surface area contributed by atoms with E-state index in [-0.39, 0.29) is 0 Å². The van der Waals surface area contributed by atoms with Crippen molar-refractivity contribution in [1.82, 2.24) is 0 Å². The van der Waals surface area contributed by atoms with Crippen LogP contribution >= 0.6 is 0 Å². The van der Waals surface area contributed by atoms with Crippen LogP contribution in [0.3, 0.4) is 0 Å². The van der Waals surface area contributed by atoms with Crippen molar-refractivity contribution in [2.24, 2.45) is 5.73 Å². The maximum Gasteiger partial charge on any atom is 0.124 e. The number of benzene rings is 1. The summed E-state index contributed by atoms with van der Waals surface area (Å²) in [6.07, 6.45) is 4.73. The predicted molar refractivity (Wildman–Crippen MR) is 69.1 cm³/mol. The Kier molecular flexibility index (Phi) is 5.33. The summed E-state index contributed by atoms with van der Waals surface area (Å²) in [4.78, 5) is 0. The van der Waals surface area contributed by atoms with Gasteiger partial charge in [0.15, 0.2) is 0 Å². The summed E-state index contributed by atoms with van der Waals surface area (Å²) in [6.45, 7) is 5.02. The van der Waals surface area contributed by atoms with E-state index in [9.17, 15) is 0 Å². The first kappa shape index (κ1) is 13.0. The predicted octanol–water partition coefficient (Wildman–Crippen LogP) is 2.98. The first-order chi connectivity index (χ1) is 7.69. The van der Waals surface area contributed by atoms with Crippen LogP contribution in [-0.4, -0.2) is 13.7 Å². The minimum atomic E-state index is 0.806. The summed E-state index contributed by atoms with van der Waals surface area (Å²) in [5, 5.41) is 0. The number of ether oxygens (including phenoxy) is 1. The topological polar surface area (TPSA) is 35.2 Å². The molecule has 0 bridgehead atoms. The molecule has 0 aliphatic heterocycles. The Morgan fingerprint density at radius 1 is 1.06 bits per heavy atom. The monoisotopic (exact) mass is 221 g/mol. The summed E-state index contributed by atoms with van der Waals surface area (Å²) < 4.78 is 5.36. The van der Waals surface area contributed by atoms with Crippen molar-refractivity contribution >= 4 is 0 Å².